The predicted octanol–water partition coefficient (Wildman–Crippen LogP) is -0.0447. The zero-order chi connectivity index (χ0) is 7.14. The minimum atomic E-state index is 0.465. The van der Waals surface area contributed by atoms with E-state index in [0.717, 1.165) is 4.85 Å². The Morgan fingerprint density at radius 2 is 2.40 bits per heavy atom. The topological polar surface area (TPSA) is 68.5 Å². The maximum atomic E-state index is 9.04. The Morgan fingerprint density at radius 1 is 1.60 bits per heavy atom. The molecule has 0 radical (unpaired) electrons. The van der Waals surface area contributed by atoms with Gasteiger partial charge in [-0.3, -0.25) is 0 Å². The monoisotopic (exact) mass is 138 g/mol. The first-order valence-corrected chi connectivity index (χ1v) is 2.78. The van der Waals surface area contributed by atoms with E-state index in [1.165, 1.54) is 10.7 Å². The molecule has 5 nitrogen and oxygen atoms in total. The molecule has 0 aliphatic rings. The molecule has 2 aromatic rings. The van der Waals surface area contributed by atoms with E-state index in [2.05, 4.69) is 4.98 Å². The summed E-state index contributed by atoms with van der Waals surface area (Å²) in [5.41, 5.74) is 6.49. The zero-order valence-corrected chi connectivity index (χ0v) is 5.10. The van der Waals surface area contributed by atoms with Crippen molar-refractivity contribution in [1.29, 1.82) is 0 Å². The van der Waals surface area contributed by atoms with Crippen LogP contribution in [0.5, 0.6) is 0 Å². The van der Waals surface area contributed by atoms with Gasteiger partial charge in [-0.05, 0) is 0 Å². The van der Waals surface area contributed by atoms with E-state index in [1.807, 2.05) is 0 Å². The van der Waals surface area contributed by atoms with Gasteiger partial charge in [0.15, 0.2) is 5.65 Å². The molecule has 0 fully saturated rings. The lowest BCUT2D eigenvalue weighted by atomic mass is 10.6. The Labute approximate surface area is 56.2 Å². The van der Waals surface area contributed by atoms with Gasteiger partial charge in [-0.25, -0.2) is 9.50 Å². The lowest BCUT2D eigenvalue weighted by molar-refractivity contribution is 0.137. The summed E-state index contributed by atoms with van der Waals surface area (Å²) in [4.78, 5) is 4.78. The largest absolute Gasteiger partial charge is 0.413 e. The number of nitrogens with two attached hydrogens (primary N) is 1. The minimum Gasteiger partial charge on any atom is -0.413 e. The summed E-state index contributed by atoms with van der Waals surface area (Å²) in [5, 5.41) is 9.04. The predicted molar refractivity (Wildman–Crippen MR) is 34.8 cm³/mol. The third-order valence-corrected chi connectivity index (χ3v) is 1.36. The van der Waals surface area contributed by atoms with Crippen LogP contribution in [0.3, 0.4) is 0 Å². The smallest absolute Gasteiger partial charge is 0.179 e. The Kier molecular flexibility index (Phi) is 0.743. The average Bonchev–Trinajstić information content (AvgIpc) is 2.39. The fourth-order valence-corrected chi connectivity index (χ4v) is 0.913. The molecule has 0 saturated carbocycles. The molecule has 3 N–H and O–H groups in total. The maximum Gasteiger partial charge on any atom is 0.179 e. The van der Waals surface area contributed by atoms with Crippen LogP contribution in [0.4, 0.5) is 5.69 Å². The van der Waals surface area contributed by atoms with Crippen LogP contribution in [0, 0.1) is 0 Å². The second kappa shape index (κ2) is 1.44. The van der Waals surface area contributed by atoms with E-state index in [4.69, 9.17) is 10.9 Å². The summed E-state index contributed by atoms with van der Waals surface area (Å²) >= 11 is 0. The highest BCUT2D eigenvalue weighted by atomic mass is 16.5. The summed E-state index contributed by atoms with van der Waals surface area (Å²) in [7, 11) is 0. The number of imidazole rings is 1. The SMILES string of the molecule is Nc1cn(O)n2ccnc12. The Morgan fingerprint density at radius 3 is 3.10 bits per heavy atom. The van der Waals surface area contributed by atoms with Crippen LogP contribution in [0.15, 0.2) is 18.6 Å². The van der Waals surface area contributed by atoms with Crippen LogP contribution in [0.1, 0.15) is 0 Å². The van der Waals surface area contributed by atoms with E-state index in [0.29, 0.717) is 11.3 Å². The molecule has 0 saturated heterocycles. The molecule has 0 aliphatic heterocycles. The molecule has 0 aliphatic carbocycles. The molecule has 0 spiro atoms. The van der Waals surface area contributed by atoms with E-state index < -0.39 is 0 Å². The molecule has 0 unspecified atom stereocenters. The summed E-state index contributed by atoms with van der Waals surface area (Å²) in [5.74, 6) is 0. The highest BCUT2D eigenvalue weighted by molar-refractivity contribution is 5.63. The molecule has 2 rings (SSSR count). The van der Waals surface area contributed by atoms with E-state index in [-0.39, 0.29) is 0 Å². The Hall–Kier alpha value is -1.65. The van der Waals surface area contributed by atoms with Gasteiger partial charge in [-0.2, -0.15) is 0 Å². The number of anilines is 1. The van der Waals surface area contributed by atoms with Gasteiger partial charge >= 0.3 is 0 Å². The molecule has 10 heavy (non-hydrogen) atoms. The number of aromatic nitrogens is 3. The molecule has 0 amide bonds. The quantitative estimate of drug-likeness (QED) is 0.502. The van der Waals surface area contributed by atoms with Gasteiger partial charge in [-0.1, -0.05) is 0 Å². The fourth-order valence-electron chi connectivity index (χ4n) is 0.913. The first-order valence-electron chi connectivity index (χ1n) is 2.78. The standard InChI is InChI=1S/C5H6N4O/c6-4-3-9(10)8-2-1-7-5(4)8/h1-3,10H,6H2. The first kappa shape index (κ1) is 5.16. The normalized spacial score (nSPS) is 10.8. The number of rotatable bonds is 0. The van der Waals surface area contributed by atoms with Crippen molar-refractivity contribution in [3.8, 4) is 0 Å². The fraction of sp³-hybridized carbons (Fsp3) is 0. The zero-order valence-electron chi connectivity index (χ0n) is 5.10. The lowest BCUT2D eigenvalue weighted by Crippen LogP contribution is -1.95. The molecule has 0 bridgehead atoms. The van der Waals surface area contributed by atoms with Crippen molar-refractivity contribution in [2.75, 3.05) is 5.73 Å². The number of nitrogen functional groups attached to an aromatic ring is 1. The van der Waals surface area contributed by atoms with E-state index in [9.17, 15) is 0 Å². The Balaban J connectivity index is 2.98. The van der Waals surface area contributed by atoms with Crippen LogP contribution in [0.2, 0.25) is 0 Å². The maximum absolute atomic E-state index is 9.04. The van der Waals surface area contributed by atoms with Crippen molar-refractivity contribution in [2.24, 2.45) is 0 Å². The number of fused-ring (bicyclic) bond motifs is 1. The average molecular weight is 138 g/mol. The summed E-state index contributed by atoms with van der Waals surface area (Å²) in [6.45, 7) is 0. The van der Waals surface area contributed by atoms with Crippen molar-refractivity contribution in [2.45, 2.75) is 0 Å². The van der Waals surface area contributed by atoms with E-state index >= 15 is 0 Å². The summed E-state index contributed by atoms with van der Waals surface area (Å²) in [6, 6.07) is 0. The van der Waals surface area contributed by atoms with Crippen LogP contribution in [0.25, 0.3) is 5.65 Å². The molecule has 2 heterocycles. The summed E-state index contributed by atoms with van der Waals surface area (Å²) < 4.78 is 1.44. The highest BCUT2D eigenvalue weighted by Gasteiger charge is 2.02. The van der Waals surface area contributed by atoms with Crippen molar-refractivity contribution >= 4 is 11.3 Å². The second-order valence-corrected chi connectivity index (χ2v) is 2.00. The van der Waals surface area contributed by atoms with Crippen LogP contribution in [-0.2, 0) is 0 Å². The molecule has 2 aromatic heterocycles. The van der Waals surface area contributed by atoms with Gasteiger partial charge in [0.2, 0.25) is 0 Å². The molecular weight excluding hydrogens is 132 g/mol. The van der Waals surface area contributed by atoms with Crippen molar-refractivity contribution in [3.05, 3.63) is 18.6 Å². The first-order chi connectivity index (χ1) is 4.79. The molecule has 5 heteroatoms. The molecule has 0 aromatic carbocycles. The Bertz CT molecular complexity index is 329. The van der Waals surface area contributed by atoms with Gasteiger partial charge < -0.3 is 10.9 Å². The number of hydrogen-bond acceptors (Lipinski definition) is 3. The summed E-state index contributed by atoms with van der Waals surface area (Å²) in [6.07, 6.45) is 4.58. The lowest BCUT2D eigenvalue weighted by Gasteiger charge is -1.88. The third kappa shape index (κ3) is 0.439. The van der Waals surface area contributed by atoms with Crippen LogP contribution in [-0.4, -0.2) is 19.6 Å². The van der Waals surface area contributed by atoms with E-state index in [1.54, 1.807) is 12.4 Å². The van der Waals surface area contributed by atoms with Gasteiger partial charge in [0.05, 0.1) is 18.1 Å². The van der Waals surface area contributed by atoms with Crippen LogP contribution < -0.4 is 5.73 Å². The van der Waals surface area contributed by atoms with Crippen molar-refractivity contribution in [1.82, 2.24) is 14.3 Å². The van der Waals surface area contributed by atoms with Crippen molar-refractivity contribution in [3.63, 3.8) is 0 Å². The number of nitrogens with zero attached hydrogens (tertiary/aromatic N) is 3. The minimum absolute atomic E-state index is 0.465. The highest BCUT2D eigenvalue weighted by Crippen LogP contribution is 2.09. The molecular formula is C5H6N4O. The molecule has 0 atom stereocenters. The van der Waals surface area contributed by atoms with Gasteiger partial charge in [0.1, 0.15) is 0 Å². The number of hydrogen-bond donors (Lipinski definition) is 2. The van der Waals surface area contributed by atoms with Crippen molar-refractivity contribution < 1.29 is 5.21 Å². The van der Waals surface area contributed by atoms with Gasteiger partial charge in [0.25, 0.3) is 0 Å². The second-order valence-electron chi connectivity index (χ2n) is 2.00. The van der Waals surface area contributed by atoms with Crippen LogP contribution >= 0.6 is 0 Å². The van der Waals surface area contributed by atoms with Gasteiger partial charge in [0, 0.05) is 6.20 Å². The third-order valence-electron chi connectivity index (χ3n) is 1.36. The molecule has 52 valence electrons. The van der Waals surface area contributed by atoms with Gasteiger partial charge in [-0.15, -0.1) is 4.85 Å².